The Balaban J connectivity index is 1.49. The molecule has 1 N–H and O–H groups in total. The number of ether oxygens (including phenoxy) is 1. The molecule has 154 valence electrons. The van der Waals surface area contributed by atoms with Gasteiger partial charge in [0.1, 0.15) is 11.3 Å². The molecule has 0 amide bonds. The number of carbonyl (C=O) groups excluding carboxylic acids is 1. The van der Waals surface area contributed by atoms with Crippen molar-refractivity contribution in [3.05, 3.63) is 71.3 Å². The smallest absolute Gasteiger partial charge is 0.343 e. The number of aromatic carboxylic acids is 1. The quantitative estimate of drug-likeness (QED) is 0.514. The van der Waals surface area contributed by atoms with Crippen LogP contribution in [0.4, 0.5) is 0 Å². The van der Waals surface area contributed by atoms with Crippen molar-refractivity contribution in [3.63, 3.8) is 0 Å². The normalized spacial score (nSPS) is 28.9. The summed E-state index contributed by atoms with van der Waals surface area (Å²) in [4.78, 5) is 24.4. The Morgan fingerprint density at radius 3 is 2.23 bits per heavy atom. The van der Waals surface area contributed by atoms with Crippen molar-refractivity contribution in [2.75, 3.05) is 0 Å². The maximum Gasteiger partial charge on any atom is 0.343 e. The molecule has 30 heavy (non-hydrogen) atoms. The average Bonchev–Trinajstić information content (AvgIpc) is 2.72. The van der Waals surface area contributed by atoms with Crippen LogP contribution in [0.1, 0.15) is 70.4 Å². The fourth-order valence-corrected chi connectivity index (χ4v) is 6.65. The molecule has 4 nitrogen and oxygen atoms in total. The number of para-hydroxylation sites is 1. The van der Waals surface area contributed by atoms with Gasteiger partial charge in [0.15, 0.2) is 0 Å². The molecule has 2 aromatic rings. The highest BCUT2D eigenvalue weighted by Crippen LogP contribution is 2.61. The van der Waals surface area contributed by atoms with Crippen molar-refractivity contribution < 1.29 is 19.4 Å². The molecule has 4 saturated carbocycles. The van der Waals surface area contributed by atoms with Crippen LogP contribution in [0, 0.1) is 17.8 Å². The lowest BCUT2D eigenvalue weighted by Crippen LogP contribution is -2.48. The molecule has 4 aliphatic rings. The number of benzene rings is 2. The molecule has 6 rings (SSSR count). The van der Waals surface area contributed by atoms with Gasteiger partial charge in [-0.25, -0.2) is 9.59 Å². The van der Waals surface area contributed by atoms with Gasteiger partial charge in [0.25, 0.3) is 0 Å². The Kier molecular flexibility index (Phi) is 4.53. The minimum Gasteiger partial charge on any atom is -0.478 e. The van der Waals surface area contributed by atoms with E-state index in [2.05, 4.69) is 6.58 Å². The van der Waals surface area contributed by atoms with Crippen molar-refractivity contribution in [1.82, 2.24) is 0 Å². The maximum absolute atomic E-state index is 12.9. The van der Waals surface area contributed by atoms with Gasteiger partial charge in [0.05, 0.1) is 5.56 Å². The van der Waals surface area contributed by atoms with Crippen LogP contribution in [-0.4, -0.2) is 17.0 Å². The summed E-state index contributed by atoms with van der Waals surface area (Å²) < 4.78 is 5.49. The molecule has 0 radical (unpaired) electrons. The van der Waals surface area contributed by atoms with Crippen LogP contribution >= 0.6 is 0 Å². The molecule has 0 unspecified atom stereocenters. The minimum atomic E-state index is -1.12. The second-order valence-corrected chi connectivity index (χ2v) is 9.39. The second-order valence-electron chi connectivity index (χ2n) is 9.39. The Morgan fingerprint density at radius 1 is 1.00 bits per heavy atom. The zero-order valence-electron chi connectivity index (χ0n) is 17.0. The van der Waals surface area contributed by atoms with Crippen LogP contribution < -0.4 is 4.74 Å². The van der Waals surface area contributed by atoms with Crippen LogP contribution in [0.5, 0.6) is 5.75 Å². The summed E-state index contributed by atoms with van der Waals surface area (Å²) in [6, 6.07) is 11.9. The number of hydrogen-bond acceptors (Lipinski definition) is 3. The van der Waals surface area contributed by atoms with E-state index in [0.717, 1.165) is 23.3 Å². The summed E-state index contributed by atoms with van der Waals surface area (Å²) in [6.45, 7) is 4.01. The van der Waals surface area contributed by atoms with E-state index in [1.165, 1.54) is 56.2 Å². The molecule has 0 aliphatic heterocycles. The number of rotatable bonds is 5. The number of hydrogen-bond donors (Lipinski definition) is 1. The first-order valence-electron chi connectivity index (χ1n) is 10.8. The molecule has 0 saturated heterocycles. The van der Waals surface area contributed by atoms with Crippen LogP contribution in [-0.2, 0) is 5.41 Å². The highest BCUT2D eigenvalue weighted by molar-refractivity contribution is 5.95. The standard InChI is InChI=1S/C26H26O4/c1-2-19-7-8-20(25(29)30-23-6-4-3-5-21(23)24(27)28)12-22(19)26-13-16-9-17(14-26)11-18(10-16)15-26/h2-8,12,16-18H,1,9-11,13-15H2,(H,27,28). The van der Waals surface area contributed by atoms with E-state index in [1.54, 1.807) is 18.2 Å². The first-order chi connectivity index (χ1) is 14.5. The SMILES string of the molecule is C=Cc1ccc(C(=O)Oc2ccccc2C(=O)O)cc1C12CC3CC(CC(C3)C1)C2. The van der Waals surface area contributed by atoms with Gasteiger partial charge in [-0.2, -0.15) is 0 Å². The van der Waals surface area contributed by atoms with E-state index in [1.807, 2.05) is 18.2 Å². The van der Waals surface area contributed by atoms with E-state index in [9.17, 15) is 14.7 Å². The molecular weight excluding hydrogens is 376 g/mol. The van der Waals surface area contributed by atoms with Crippen molar-refractivity contribution in [2.45, 2.75) is 43.9 Å². The first kappa shape index (κ1) is 19.1. The number of carboxylic acids is 1. The third kappa shape index (κ3) is 3.15. The van der Waals surface area contributed by atoms with Crippen molar-refractivity contribution in [2.24, 2.45) is 17.8 Å². The van der Waals surface area contributed by atoms with Crippen LogP contribution in [0.3, 0.4) is 0 Å². The van der Waals surface area contributed by atoms with Crippen molar-refractivity contribution in [3.8, 4) is 5.75 Å². The molecule has 0 atom stereocenters. The fraction of sp³-hybridized carbons (Fsp3) is 0.385. The number of carbonyl (C=O) groups is 2. The number of esters is 1. The maximum atomic E-state index is 12.9. The molecular formula is C26H26O4. The number of carboxylic acid groups (broad SMARTS) is 1. The molecule has 2 aromatic carbocycles. The van der Waals surface area contributed by atoms with Crippen LogP contribution in [0.2, 0.25) is 0 Å². The van der Waals surface area contributed by atoms with Gasteiger partial charge in [-0.1, -0.05) is 30.9 Å². The topological polar surface area (TPSA) is 63.6 Å². The predicted molar refractivity (Wildman–Crippen MR) is 115 cm³/mol. The summed E-state index contributed by atoms with van der Waals surface area (Å²) in [7, 11) is 0. The predicted octanol–water partition coefficient (Wildman–Crippen LogP) is 5.71. The van der Waals surface area contributed by atoms with Gasteiger partial charge in [-0.3, -0.25) is 0 Å². The highest BCUT2D eigenvalue weighted by Gasteiger charge is 2.52. The Bertz CT molecular complexity index is 1000. The monoisotopic (exact) mass is 402 g/mol. The average molecular weight is 402 g/mol. The van der Waals surface area contributed by atoms with Crippen LogP contribution in [0.25, 0.3) is 6.08 Å². The summed E-state index contributed by atoms with van der Waals surface area (Å²) in [5, 5.41) is 9.36. The fourth-order valence-electron chi connectivity index (χ4n) is 6.65. The molecule has 4 heteroatoms. The molecule has 4 bridgehead atoms. The zero-order valence-corrected chi connectivity index (χ0v) is 17.0. The summed E-state index contributed by atoms with van der Waals surface area (Å²) >= 11 is 0. The Morgan fingerprint density at radius 2 is 1.63 bits per heavy atom. The third-order valence-electron chi connectivity index (χ3n) is 7.44. The summed E-state index contributed by atoms with van der Waals surface area (Å²) in [5.41, 5.74) is 2.89. The molecule has 0 spiro atoms. The van der Waals surface area contributed by atoms with Gasteiger partial charge in [-0.05, 0) is 97.1 Å². The molecule has 4 fully saturated rings. The van der Waals surface area contributed by atoms with Crippen molar-refractivity contribution >= 4 is 18.0 Å². The minimum absolute atomic E-state index is 0.0186. The Hall–Kier alpha value is -2.88. The van der Waals surface area contributed by atoms with E-state index in [4.69, 9.17) is 4.74 Å². The summed E-state index contributed by atoms with van der Waals surface area (Å²) in [5.74, 6) is 0.824. The first-order valence-corrected chi connectivity index (χ1v) is 10.8. The molecule has 0 heterocycles. The lowest BCUT2D eigenvalue weighted by atomic mass is 9.47. The lowest BCUT2D eigenvalue weighted by molar-refractivity contribution is -0.00530. The molecule has 0 aromatic heterocycles. The van der Waals surface area contributed by atoms with Gasteiger partial charge in [0, 0.05) is 0 Å². The van der Waals surface area contributed by atoms with Crippen molar-refractivity contribution in [1.29, 1.82) is 0 Å². The molecule has 4 aliphatic carbocycles. The summed E-state index contributed by atoms with van der Waals surface area (Å²) in [6.07, 6.45) is 9.55. The van der Waals surface area contributed by atoms with Gasteiger partial charge in [-0.15, -0.1) is 0 Å². The lowest BCUT2D eigenvalue weighted by Gasteiger charge is -2.57. The van der Waals surface area contributed by atoms with Gasteiger partial charge >= 0.3 is 11.9 Å². The van der Waals surface area contributed by atoms with E-state index < -0.39 is 11.9 Å². The van der Waals surface area contributed by atoms with Crippen LogP contribution in [0.15, 0.2) is 49.0 Å². The Labute approximate surface area is 176 Å². The van der Waals surface area contributed by atoms with E-state index >= 15 is 0 Å². The van der Waals surface area contributed by atoms with E-state index in [0.29, 0.717) is 5.56 Å². The second kappa shape index (κ2) is 7.12. The zero-order chi connectivity index (χ0) is 20.9. The highest BCUT2D eigenvalue weighted by atomic mass is 16.5. The van der Waals surface area contributed by atoms with E-state index in [-0.39, 0.29) is 16.7 Å². The van der Waals surface area contributed by atoms with Gasteiger partial charge < -0.3 is 9.84 Å². The third-order valence-corrected chi connectivity index (χ3v) is 7.44. The van der Waals surface area contributed by atoms with Gasteiger partial charge in [0.2, 0.25) is 0 Å². The largest absolute Gasteiger partial charge is 0.478 e.